The Morgan fingerprint density at radius 2 is 1.83 bits per heavy atom. The maximum absolute atomic E-state index is 13.1. The molecule has 29 heavy (non-hydrogen) atoms. The first-order chi connectivity index (χ1) is 13.7. The number of carbonyl (C=O) groups is 2. The first kappa shape index (κ1) is 21.6. The molecule has 1 saturated heterocycles. The van der Waals surface area contributed by atoms with Gasteiger partial charge in [-0.3, -0.25) is 9.69 Å². The molecule has 3 amide bonds. The highest BCUT2D eigenvalue weighted by atomic mass is 16.5. The highest BCUT2D eigenvalue weighted by Crippen LogP contribution is 2.43. The van der Waals surface area contributed by atoms with Crippen LogP contribution in [0.4, 0.5) is 4.79 Å². The van der Waals surface area contributed by atoms with Crippen molar-refractivity contribution in [2.24, 2.45) is 11.3 Å². The highest BCUT2D eigenvalue weighted by molar-refractivity contribution is 6.07. The van der Waals surface area contributed by atoms with Crippen molar-refractivity contribution < 1.29 is 14.3 Å². The minimum atomic E-state index is -0.684. The molecule has 1 saturated carbocycles. The van der Waals surface area contributed by atoms with E-state index in [2.05, 4.69) is 26.1 Å². The van der Waals surface area contributed by atoms with Crippen LogP contribution in [0, 0.1) is 11.3 Å². The zero-order valence-electron chi connectivity index (χ0n) is 18.2. The predicted molar refractivity (Wildman–Crippen MR) is 114 cm³/mol. The molecular weight excluding hydrogens is 366 g/mol. The van der Waals surface area contributed by atoms with Crippen LogP contribution < -0.4 is 10.1 Å². The molecule has 1 N–H and O–H groups in total. The maximum Gasteiger partial charge on any atom is 0.326 e. The number of rotatable bonds is 7. The Hall–Kier alpha value is -2.08. The van der Waals surface area contributed by atoms with Crippen LogP contribution in [-0.2, 0) is 4.79 Å². The molecule has 2 aliphatic rings. The molecule has 1 heterocycles. The summed E-state index contributed by atoms with van der Waals surface area (Å²) in [5, 5.41) is 3.02. The average molecular weight is 402 g/mol. The number of nitrogens with zero attached hydrogens (tertiary/aromatic N) is 2. The van der Waals surface area contributed by atoms with E-state index in [1.807, 2.05) is 42.3 Å². The molecule has 0 atom stereocenters. The Kier molecular flexibility index (Phi) is 6.52. The second kappa shape index (κ2) is 8.74. The van der Waals surface area contributed by atoms with Crippen molar-refractivity contribution in [3.8, 4) is 5.75 Å². The van der Waals surface area contributed by atoms with E-state index in [0.29, 0.717) is 19.2 Å². The Labute approximate surface area is 174 Å². The average Bonchev–Trinajstić information content (AvgIpc) is 2.90. The molecule has 6 nitrogen and oxygen atoms in total. The lowest BCUT2D eigenvalue weighted by Gasteiger charge is -2.40. The van der Waals surface area contributed by atoms with Crippen LogP contribution in [0.2, 0.25) is 0 Å². The van der Waals surface area contributed by atoms with Gasteiger partial charge >= 0.3 is 6.03 Å². The maximum atomic E-state index is 13.1. The van der Waals surface area contributed by atoms with Crippen molar-refractivity contribution in [1.82, 2.24) is 15.1 Å². The summed E-state index contributed by atoms with van der Waals surface area (Å²) < 4.78 is 5.71. The van der Waals surface area contributed by atoms with Crippen LogP contribution in [0.3, 0.4) is 0 Å². The first-order valence-electron chi connectivity index (χ1n) is 10.7. The molecule has 0 unspecified atom stereocenters. The van der Waals surface area contributed by atoms with Gasteiger partial charge in [-0.2, -0.15) is 0 Å². The van der Waals surface area contributed by atoms with Gasteiger partial charge in [0.05, 0.1) is 13.3 Å². The lowest BCUT2D eigenvalue weighted by atomic mass is 9.67. The molecule has 160 valence electrons. The fourth-order valence-electron chi connectivity index (χ4n) is 4.47. The van der Waals surface area contributed by atoms with Crippen molar-refractivity contribution >= 4 is 11.9 Å². The minimum absolute atomic E-state index is 0.0535. The molecule has 1 aromatic carbocycles. The van der Waals surface area contributed by atoms with Crippen LogP contribution in [0.25, 0.3) is 0 Å². The van der Waals surface area contributed by atoms with Crippen molar-refractivity contribution in [3.05, 3.63) is 30.3 Å². The summed E-state index contributed by atoms with van der Waals surface area (Å²) in [5.41, 5.74) is -0.439. The van der Waals surface area contributed by atoms with Gasteiger partial charge in [0.2, 0.25) is 0 Å². The van der Waals surface area contributed by atoms with Crippen molar-refractivity contribution in [1.29, 1.82) is 0 Å². The number of carbonyl (C=O) groups excluding carboxylic acids is 2. The Morgan fingerprint density at radius 1 is 1.17 bits per heavy atom. The normalized spacial score (nSPS) is 25.0. The third-order valence-corrected chi connectivity index (χ3v) is 6.39. The summed E-state index contributed by atoms with van der Waals surface area (Å²) in [5.74, 6) is 1.40. The smallest absolute Gasteiger partial charge is 0.326 e. The van der Waals surface area contributed by atoms with Gasteiger partial charge < -0.3 is 10.1 Å². The van der Waals surface area contributed by atoms with Crippen molar-refractivity contribution in [2.75, 3.05) is 26.9 Å². The largest absolute Gasteiger partial charge is 0.494 e. The van der Waals surface area contributed by atoms with Gasteiger partial charge in [-0.05, 0) is 62.6 Å². The fourth-order valence-corrected chi connectivity index (χ4v) is 4.47. The number of urea groups is 1. The SMILES string of the molecule is CN(CCCOc1ccccc1)CN1C(=O)NC2(CCC(C(C)(C)C)CC2)C1=O. The van der Waals surface area contributed by atoms with E-state index in [1.165, 1.54) is 4.90 Å². The van der Waals surface area contributed by atoms with Gasteiger partial charge in [-0.15, -0.1) is 0 Å². The van der Waals surface area contributed by atoms with Gasteiger partial charge in [0.25, 0.3) is 5.91 Å². The lowest BCUT2D eigenvalue weighted by Crippen LogP contribution is -2.51. The number of imide groups is 1. The number of nitrogens with one attached hydrogen (secondary N) is 1. The van der Waals surface area contributed by atoms with Crippen molar-refractivity contribution in [2.45, 2.75) is 58.4 Å². The Bertz CT molecular complexity index is 706. The second-order valence-corrected chi connectivity index (χ2v) is 9.62. The van der Waals surface area contributed by atoms with Gasteiger partial charge in [0, 0.05) is 6.54 Å². The number of para-hydroxylation sites is 1. The van der Waals surface area contributed by atoms with Gasteiger partial charge in [-0.1, -0.05) is 39.0 Å². The molecule has 0 aromatic heterocycles. The van der Waals surface area contributed by atoms with Crippen LogP contribution in [0.1, 0.15) is 52.9 Å². The predicted octanol–water partition coefficient (Wildman–Crippen LogP) is 3.87. The molecule has 0 radical (unpaired) electrons. The molecule has 1 spiro atoms. The Morgan fingerprint density at radius 3 is 2.45 bits per heavy atom. The third kappa shape index (κ3) is 5.10. The van der Waals surface area contributed by atoms with Gasteiger partial charge in [0.1, 0.15) is 11.3 Å². The fraction of sp³-hybridized carbons (Fsp3) is 0.652. The first-order valence-corrected chi connectivity index (χ1v) is 10.7. The molecule has 1 aliphatic heterocycles. The molecule has 3 rings (SSSR count). The summed E-state index contributed by atoms with van der Waals surface area (Å²) >= 11 is 0. The number of hydrogen-bond donors (Lipinski definition) is 1. The van der Waals surface area contributed by atoms with Crippen molar-refractivity contribution in [3.63, 3.8) is 0 Å². The van der Waals surface area contributed by atoms with E-state index in [0.717, 1.165) is 44.4 Å². The molecule has 1 aliphatic carbocycles. The molecule has 1 aromatic rings. The quantitative estimate of drug-likeness (QED) is 0.556. The number of amides is 3. The van der Waals surface area contributed by atoms with E-state index >= 15 is 0 Å². The van der Waals surface area contributed by atoms with E-state index in [-0.39, 0.29) is 17.4 Å². The van der Waals surface area contributed by atoms with Crippen LogP contribution in [0.5, 0.6) is 5.75 Å². The van der Waals surface area contributed by atoms with Crippen LogP contribution >= 0.6 is 0 Å². The summed E-state index contributed by atoms with van der Waals surface area (Å²) in [7, 11) is 1.94. The van der Waals surface area contributed by atoms with E-state index in [4.69, 9.17) is 4.74 Å². The standard InChI is InChI=1S/C23H35N3O3/c1-22(2,3)18-11-13-23(14-12-18)20(27)26(21(28)24-23)17-25(4)15-8-16-29-19-9-6-5-7-10-19/h5-7,9-10,18H,8,11-17H2,1-4H3,(H,24,28). The number of hydrogen-bond acceptors (Lipinski definition) is 4. The van der Waals surface area contributed by atoms with E-state index < -0.39 is 5.54 Å². The van der Waals surface area contributed by atoms with Gasteiger partial charge in [0.15, 0.2) is 0 Å². The lowest BCUT2D eigenvalue weighted by molar-refractivity contribution is -0.134. The van der Waals surface area contributed by atoms with Crippen LogP contribution in [-0.4, -0.2) is 54.1 Å². The summed E-state index contributed by atoms with van der Waals surface area (Å²) in [6, 6.07) is 9.47. The highest BCUT2D eigenvalue weighted by Gasteiger charge is 2.53. The second-order valence-electron chi connectivity index (χ2n) is 9.62. The molecule has 2 fully saturated rings. The summed E-state index contributed by atoms with van der Waals surface area (Å²) in [6.45, 7) is 8.45. The Balaban J connectivity index is 1.46. The van der Waals surface area contributed by atoms with Gasteiger partial charge in [-0.25, -0.2) is 9.69 Å². The zero-order chi connectivity index (χ0) is 21.1. The van der Waals surface area contributed by atoms with Crippen LogP contribution in [0.15, 0.2) is 30.3 Å². The summed E-state index contributed by atoms with van der Waals surface area (Å²) in [4.78, 5) is 29.0. The minimum Gasteiger partial charge on any atom is -0.494 e. The third-order valence-electron chi connectivity index (χ3n) is 6.39. The number of benzene rings is 1. The molecular formula is C23H35N3O3. The molecule has 6 heteroatoms. The zero-order valence-corrected chi connectivity index (χ0v) is 18.2. The molecule has 0 bridgehead atoms. The van der Waals surface area contributed by atoms with E-state index in [1.54, 1.807) is 0 Å². The van der Waals surface area contributed by atoms with E-state index in [9.17, 15) is 9.59 Å². The monoisotopic (exact) mass is 401 g/mol. The summed E-state index contributed by atoms with van der Waals surface area (Å²) in [6.07, 6.45) is 4.27. The topological polar surface area (TPSA) is 61.9 Å². The number of ether oxygens (including phenoxy) is 1.